The lowest BCUT2D eigenvalue weighted by atomic mass is 9.92. The molecule has 1 unspecified atom stereocenters. The first-order chi connectivity index (χ1) is 10.9. The van der Waals surface area contributed by atoms with Crippen molar-refractivity contribution in [2.45, 2.75) is 25.4 Å². The van der Waals surface area contributed by atoms with Gasteiger partial charge in [0.1, 0.15) is 11.6 Å². The van der Waals surface area contributed by atoms with Crippen molar-refractivity contribution in [3.05, 3.63) is 71.3 Å². The van der Waals surface area contributed by atoms with Gasteiger partial charge < -0.3 is 10.4 Å². The van der Waals surface area contributed by atoms with E-state index in [1.807, 2.05) is 6.07 Å². The van der Waals surface area contributed by atoms with Gasteiger partial charge in [-0.3, -0.25) is 4.79 Å². The molecule has 0 bridgehead atoms. The predicted molar refractivity (Wildman–Crippen MR) is 83.7 cm³/mol. The molecule has 2 rings (SSSR count). The van der Waals surface area contributed by atoms with Gasteiger partial charge in [0.15, 0.2) is 0 Å². The Kier molecular flexibility index (Phi) is 5.45. The lowest BCUT2D eigenvalue weighted by molar-refractivity contribution is -0.125. The summed E-state index contributed by atoms with van der Waals surface area (Å²) in [6, 6.07) is 12.2. The summed E-state index contributed by atoms with van der Waals surface area (Å²) in [5, 5.41) is 13.0. The van der Waals surface area contributed by atoms with Crippen molar-refractivity contribution in [1.82, 2.24) is 5.32 Å². The molecule has 122 valence electrons. The van der Waals surface area contributed by atoms with Crippen molar-refractivity contribution in [3.8, 4) is 0 Å². The van der Waals surface area contributed by atoms with Crippen molar-refractivity contribution in [2.24, 2.45) is 0 Å². The Morgan fingerprint density at radius 2 is 1.74 bits per heavy atom. The summed E-state index contributed by atoms with van der Waals surface area (Å²) in [5.41, 5.74) is -0.143. The van der Waals surface area contributed by atoms with Gasteiger partial charge in [-0.1, -0.05) is 30.3 Å². The van der Waals surface area contributed by atoms with Crippen molar-refractivity contribution < 1.29 is 18.7 Å². The van der Waals surface area contributed by atoms with Gasteiger partial charge in [0.05, 0.1) is 12.0 Å². The Morgan fingerprint density at radius 3 is 2.35 bits per heavy atom. The molecule has 0 aromatic heterocycles. The molecule has 2 aromatic rings. The maximum Gasteiger partial charge on any atom is 0.223 e. The van der Waals surface area contributed by atoms with Gasteiger partial charge in [0.25, 0.3) is 0 Å². The van der Waals surface area contributed by atoms with E-state index in [0.717, 1.165) is 6.07 Å². The molecule has 0 aliphatic carbocycles. The molecule has 2 N–H and O–H groups in total. The molecule has 5 heteroatoms. The number of carbonyl (C=O) groups excluding carboxylic acids is 1. The van der Waals surface area contributed by atoms with E-state index in [1.54, 1.807) is 31.2 Å². The van der Waals surface area contributed by atoms with Crippen molar-refractivity contribution in [3.63, 3.8) is 0 Å². The molecule has 0 saturated carbocycles. The van der Waals surface area contributed by atoms with Crippen LogP contribution in [0.4, 0.5) is 8.78 Å². The number of rotatable bonds is 6. The minimum atomic E-state index is -1.27. The Balaban J connectivity index is 1.85. The zero-order chi connectivity index (χ0) is 16.9. The van der Waals surface area contributed by atoms with E-state index in [0.29, 0.717) is 17.5 Å². The second-order valence-electron chi connectivity index (χ2n) is 5.69. The van der Waals surface area contributed by atoms with Crippen LogP contribution >= 0.6 is 0 Å². The molecule has 1 atom stereocenters. The predicted octanol–water partition coefficient (Wildman–Crippen LogP) is 2.92. The minimum absolute atomic E-state index is 0.0888. The van der Waals surface area contributed by atoms with Crippen LogP contribution in [0, 0.1) is 11.6 Å². The highest BCUT2D eigenvalue weighted by atomic mass is 19.1. The van der Waals surface area contributed by atoms with Crippen molar-refractivity contribution in [1.29, 1.82) is 0 Å². The molecule has 0 aliphatic rings. The fourth-order valence-electron chi connectivity index (χ4n) is 2.38. The Hall–Kier alpha value is -2.27. The van der Waals surface area contributed by atoms with E-state index >= 15 is 0 Å². The van der Waals surface area contributed by atoms with Gasteiger partial charge in [-0.15, -0.1) is 0 Å². The molecule has 0 radical (unpaired) electrons. The first kappa shape index (κ1) is 17.1. The van der Waals surface area contributed by atoms with Gasteiger partial charge in [0, 0.05) is 12.6 Å². The van der Waals surface area contributed by atoms with Crippen LogP contribution < -0.4 is 5.32 Å². The number of nitrogens with one attached hydrogen (secondary N) is 1. The molecule has 0 heterocycles. The maximum absolute atomic E-state index is 13.1. The SMILES string of the molecule is CC(O)(CC(=O)NCCc1cc(F)cc(F)c1)c1ccccc1. The number of benzene rings is 2. The van der Waals surface area contributed by atoms with E-state index in [1.165, 1.54) is 12.1 Å². The van der Waals surface area contributed by atoms with Crippen molar-refractivity contribution >= 4 is 5.91 Å². The van der Waals surface area contributed by atoms with Crippen LogP contribution in [-0.2, 0) is 16.8 Å². The van der Waals surface area contributed by atoms with E-state index in [4.69, 9.17) is 0 Å². The number of halogens is 2. The molecular formula is C18H19F2NO2. The maximum atomic E-state index is 13.1. The van der Waals surface area contributed by atoms with Crippen LogP contribution in [0.15, 0.2) is 48.5 Å². The molecule has 0 fully saturated rings. The van der Waals surface area contributed by atoms with Gasteiger partial charge >= 0.3 is 0 Å². The molecule has 1 amide bonds. The van der Waals surface area contributed by atoms with E-state index in [2.05, 4.69) is 5.32 Å². The van der Waals surface area contributed by atoms with Crippen LogP contribution in [-0.4, -0.2) is 17.6 Å². The lowest BCUT2D eigenvalue weighted by Crippen LogP contribution is -2.33. The third-order valence-electron chi connectivity index (χ3n) is 3.56. The average Bonchev–Trinajstić information content (AvgIpc) is 2.46. The summed E-state index contributed by atoms with van der Waals surface area (Å²) in [7, 11) is 0. The summed E-state index contributed by atoms with van der Waals surface area (Å²) in [5.74, 6) is -1.60. The Bertz CT molecular complexity index is 652. The summed E-state index contributed by atoms with van der Waals surface area (Å²) in [4.78, 5) is 11.9. The van der Waals surface area contributed by atoms with Crippen LogP contribution in [0.5, 0.6) is 0 Å². The summed E-state index contributed by atoms with van der Waals surface area (Å²) >= 11 is 0. The van der Waals surface area contributed by atoms with E-state index in [9.17, 15) is 18.7 Å². The molecule has 23 heavy (non-hydrogen) atoms. The summed E-state index contributed by atoms with van der Waals surface area (Å²) in [6.07, 6.45) is 0.225. The number of aliphatic hydroxyl groups is 1. The summed E-state index contributed by atoms with van der Waals surface area (Å²) < 4.78 is 26.1. The largest absolute Gasteiger partial charge is 0.385 e. The smallest absolute Gasteiger partial charge is 0.223 e. The first-order valence-corrected chi connectivity index (χ1v) is 7.36. The third-order valence-corrected chi connectivity index (χ3v) is 3.56. The zero-order valence-corrected chi connectivity index (χ0v) is 12.9. The molecule has 3 nitrogen and oxygen atoms in total. The van der Waals surface area contributed by atoms with Gasteiger partial charge in [-0.05, 0) is 36.6 Å². The van der Waals surface area contributed by atoms with E-state index < -0.39 is 17.2 Å². The highest BCUT2D eigenvalue weighted by Gasteiger charge is 2.26. The van der Waals surface area contributed by atoms with Crippen LogP contribution in [0.3, 0.4) is 0 Å². The van der Waals surface area contributed by atoms with Gasteiger partial charge in [0.2, 0.25) is 5.91 Å². The van der Waals surface area contributed by atoms with E-state index in [-0.39, 0.29) is 18.9 Å². The zero-order valence-electron chi connectivity index (χ0n) is 12.9. The average molecular weight is 319 g/mol. The molecule has 0 saturated heterocycles. The standard InChI is InChI=1S/C18H19F2NO2/c1-18(23,14-5-3-2-4-6-14)12-17(22)21-8-7-13-9-15(19)11-16(20)10-13/h2-6,9-11,23H,7-8,12H2,1H3,(H,21,22). The van der Waals surface area contributed by atoms with Crippen molar-refractivity contribution in [2.75, 3.05) is 6.54 Å². The van der Waals surface area contributed by atoms with Gasteiger partial charge in [-0.2, -0.15) is 0 Å². The third kappa shape index (κ3) is 5.14. The number of carbonyl (C=O) groups is 1. The van der Waals surface area contributed by atoms with Crippen LogP contribution in [0.2, 0.25) is 0 Å². The number of hydrogen-bond donors (Lipinski definition) is 2. The fourth-order valence-corrected chi connectivity index (χ4v) is 2.38. The highest BCUT2D eigenvalue weighted by Crippen LogP contribution is 2.23. The topological polar surface area (TPSA) is 49.3 Å². The molecule has 2 aromatic carbocycles. The Morgan fingerprint density at radius 1 is 1.13 bits per heavy atom. The number of amides is 1. The molecule has 0 spiro atoms. The second kappa shape index (κ2) is 7.33. The first-order valence-electron chi connectivity index (χ1n) is 7.36. The number of hydrogen-bond acceptors (Lipinski definition) is 2. The monoisotopic (exact) mass is 319 g/mol. The fraction of sp³-hybridized carbons (Fsp3) is 0.278. The highest BCUT2D eigenvalue weighted by molar-refractivity contribution is 5.77. The van der Waals surface area contributed by atoms with Crippen LogP contribution in [0.25, 0.3) is 0 Å². The Labute approximate surface area is 134 Å². The quantitative estimate of drug-likeness (QED) is 0.860. The second-order valence-corrected chi connectivity index (χ2v) is 5.69. The lowest BCUT2D eigenvalue weighted by Gasteiger charge is -2.23. The van der Waals surface area contributed by atoms with Gasteiger partial charge in [-0.25, -0.2) is 8.78 Å². The molecule has 0 aliphatic heterocycles. The molecular weight excluding hydrogens is 300 g/mol. The normalized spacial score (nSPS) is 13.4. The van der Waals surface area contributed by atoms with Crippen LogP contribution in [0.1, 0.15) is 24.5 Å². The minimum Gasteiger partial charge on any atom is -0.385 e. The summed E-state index contributed by atoms with van der Waals surface area (Å²) in [6.45, 7) is 1.82.